The van der Waals surface area contributed by atoms with Gasteiger partial charge in [0, 0.05) is 50.0 Å². The van der Waals surface area contributed by atoms with Crippen LogP contribution in [0.15, 0.2) is 24.5 Å². The number of halogens is 2. The van der Waals surface area contributed by atoms with E-state index in [4.69, 9.17) is 0 Å². The summed E-state index contributed by atoms with van der Waals surface area (Å²) in [5, 5.41) is 0. The third kappa shape index (κ3) is 2.93. The van der Waals surface area contributed by atoms with Crippen molar-refractivity contribution in [3.8, 4) is 0 Å². The number of amides is 1. The van der Waals surface area contributed by atoms with Gasteiger partial charge in [0.15, 0.2) is 0 Å². The van der Waals surface area contributed by atoms with Gasteiger partial charge in [0.25, 0.3) is 6.43 Å². The minimum atomic E-state index is -2.58. The molecule has 1 amide bonds. The second kappa shape index (κ2) is 6.79. The van der Waals surface area contributed by atoms with Gasteiger partial charge >= 0.3 is 0 Å². The molecule has 0 spiro atoms. The standard InChI is InChI=1S/C21H22F2N4O/c22-20(23)19-8-15(4-6-24-19)26-7-5-13(10-26)21(28)27-11-14-9-25-18-3-1-2-16(18)17(14)12-27/h4,6,8-9,13,20H,1-3,5,7,10-12H2/t13-/m1/s1. The lowest BCUT2D eigenvalue weighted by molar-refractivity contribution is -0.135. The molecule has 2 aromatic heterocycles. The first kappa shape index (κ1) is 17.5. The predicted octanol–water partition coefficient (Wildman–Crippen LogP) is 3.27. The molecule has 5 nitrogen and oxygen atoms in total. The maximum absolute atomic E-state index is 13.1. The second-order valence-electron chi connectivity index (χ2n) is 7.91. The summed E-state index contributed by atoms with van der Waals surface area (Å²) in [6.07, 6.45) is 4.77. The van der Waals surface area contributed by atoms with Crippen LogP contribution < -0.4 is 4.90 Å². The van der Waals surface area contributed by atoms with Crippen LogP contribution in [-0.2, 0) is 30.7 Å². The maximum atomic E-state index is 13.1. The van der Waals surface area contributed by atoms with Crippen LogP contribution in [0.25, 0.3) is 0 Å². The summed E-state index contributed by atoms with van der Waals surface area (Å²) in [4.78, 5) is 25.4. The minimum absolute atomic E-state index is 0.0986. The van der Waals surface area contributed by atoms with Gasteiger partial charge in [-0.25, -0.2) is 8.78 Å². The van der Waals surface area contributed by atoms with Crippen LogP contribution in [0.1, 0.15) is 47.3 Å². The number of anilines is 1. The fourth-order valence-corrected chi connectivity index (χ4v) is 4.77. The Hall–Kier alpha value is -2.57. The van der Waals surface area contributed by atoms with Crippen LogP contribution in [0.2, 0.25) is 0 Å². The molecule has 2 aliphatic heterocycles. The average Bonchev–Trinajstić information content (AvgIpc) is 3.45. The molecule has 28 heavy (non-hydrogen) atoms. The highest BCUT2D eigenvalue weighted by Crippen LogP contribution is 2.34. The zero-order chi connectivity index (χ0) is 19.3. The Morgan fingerprint density at radius 3 is 2.93 bits per heavy atom. The zero-order valence-corrected chi connectivity index (χ0v) is 15.6. The van der Waals surface area contributed by atoms with Crippen molar-refractivity contribution in [3.05, 3.63) is 52.6 Å². The Bertz CT molecular complexity index is 933. The number of fused-ring (bicyclic) bond motifs is 3. The quantitative estimate of drug-likeness (QED) is 0.815. The number of pyridine rings is 2. The number of hydrogen-bond acceptors (Lipinski definition) is 4. The van der Waals surface area contributed by atoms with Crippen molar-refractivity contribution < 1.29 is 13.6 Å². The molecule has 0 aromatic carbocycles. The highest BCUT2D eigenvalue weighted by atomic mass is 19.3. The van der Waals surface area contributed by atoms with Gasteiger partial charge in [-0.05, 0) is 54.5 Å². The third-order valence-corrected chi connectivity index (χ3v) is 6.23. The van der Waals surface area contributed by atoms with Crippen molar-refractivity contribution in [3.63, 3.8) is 0 Å². The summed E-state index contributed by atoms with van der Waals surface area (Å²) in [5.74, 6) is 0.0621. The Kier molecular flexibility index (Phi) is 4.25. The minimum Gasteiger partial charge on any atom is -0.371 e. The van der Waals surface area contributed by atoms with E-state index in [2.05, 4.69) is 9.97 Å². The Morgan fingerprint density at radius 2 is 2.07 bits per heavy atom. The van der Waals surface area contributed by atoms with Crippen LogP contribution >= 0.6 is 0 Å². The smallest absolute Gasteiger partial charge is 0.280 e. The maximum Gasteiger partial charge on any atom is 0.280 e. The molecule has 146 valence electrons. The summed E-state index contributed by atoms with van der Waals surface area (Å²) < 4.78 is 25.8. The first-order chi connectivity index (χ1) is 13.6. The van der Waals surface area contributed by atoms with Crippen LogP contribution in [0.4, 0.5) is 14.5 Å². The van der Waals surface area contributed by atoms with Crippen LogP contribution in [0.5, 0.6) is 0 Å². The molecular weight excluding hydrogens is 362 g/mol. The first-order valence-corrected chi connectivity index (χ1v) is 9.86. The van der Waals surface area contributed by atoms with Crippen molar-refractivity contribution in [1.29, 1.82) is 0 Å². The summed E-state index contributed by atoms with van der Waals surface area (Å²) in [6, 6.07) is 3.16. The molecule has 0 unspecified atom stereocenters. The van der Waals surface area contributed by atoms with Crippen molar-refractivity contribution in [1.82, 2.24) is 14.9 Å². The molecule has 2 aromatic rings. The van der Waals surface area contributed by atoms with Gasteiger partial charge in [0.05, 0.1) is 5.92 Å². The number of aromatic nitrogens is 2. The fourth-order valence-electron chi connectivity index (χ4n) is 4.77. The molecule has 1 fully saturated rings. The summed E-state index contributed by atoms with van der Waals surface area (Å²) in [6.45, 7) is 2.58. The number of carbonyl (C=O) groups excluding carboxylic acids is 1. The number of hydrogen-bond donors (Lipinski definition) is 0. The van der Waals surface area contributed by atoms with Gasteiger partial charge in [0.1, 0.15) is 5.69 Å². The van der Waals surface area contributed by atoms with Crippen LogP contribution in [0, 0.1) is 5.92 Å². The van der Waals surface area contributed by atoms with Crippen LogP contribution in [0.3, 0.4) is 0 Å². The van der Waals surface area contributed by atoms with Crippen molar-refractivity contribution >= 4 is 11.6 Å². The van der Waals surface area contributed by atoms with Crippen molar-refractivity contribution in [2.75, 3.05) is 18.0 Å². The molecule has 0 N–H and O–H groups in total. The Labute approximate surface area is 162 Å². The molecule has 0 bridgehead atoms. The van der Waals surface area contributed by atoms with Gasteiger partial charge < -0.3 is 9.80 Å². The molecule has 4 heterocycles. The normalized spacial score (nSPS) is 20.8. The van der Waals surface area contributed by atoms with E-state index in [-0.39, 0.29) is 17.5 Å². The van der Waals surface area contributed by atoms with E-state index in [1.165, 1.54) is 34.6 Å². The molecule has 0 radical (unpaired) electrons. The zero-order valence-electron chi connectivity index (χ0n) is 15.6. The molecule has 1 atom stereocenters. The average molecular weight is 384 g/mol. The van der Waals surface area contributed by atoms with Gasteiger partial charge in [-0.3, -0.25) is 14.8 Å². The van der Waals surface area contributed by atoms with Gasteiger partial charge in [-0.15, -0.1) is 0 Å². The van der Waals surface area contributed by atoms with E-state index in [9.17, 15) is 13.6 Å². The Morgan fingerprint density at radius 1 is 1.18 bits per heavy atom. The largest absolute Gasteiger partial charge is 0.371 e. The number of aryl methyl sites for hydroxylation is 1. The number of alkyl halides is 2. The Balaban J connectivity index is 1.28. The third-order valence-electron chi connectivity index (χ3n) is 6.23. The molecule has 1 aliphatic carbocycles. The molecular formula is C21H22F2N4O. The SMILES string of the molecule is O=C([C@@H]1CCN(c2ccnc(C(F)F)c2)C1)N1Cc2cnc3c(c2C1)CCC3. The van der Waals surface area contributed by atoms with Gasteiger partial charge in [-0.2, -0.15) is 0 Å². The molecule has 0 saturated carbocycles. The van der Waals surface area contributed by atoms with E-state index < -0.39 is 6.43 Å². The lowest BCUT2D eigenvalue weighted by Crippen LogP contribution is -2.33. The number of carbonyl (C=O) groups is 1. The van der Waals surface area contributed by atoms with E-state index in [1.807, 2.05) is 16.0 Å². The number of rotatable bonds is 3. The monoisotopic (exact) mass is 384 g/mol. The molecule has 5 rings (SSSR count). The van der Waals surface area contributed by atoms with E-state index in [1.54, 1.807) is 6.07 Å². The summed E-state index contributed by atoms with van der Waals surface area (Å²) >= 11 is 0. The second-order valence-corrected chi connectivity index (χ2v) is 7.91. The highest BCUT2D eigenvalue weighted by Gasteiger charge is 2.35. The lowest BCUT2D eigenvalue weighted by atomic mass is 10.1. The van der Waals surface area contributed by atoms with E-state index >= 15 is 0 Å². The number of nitrogens with zero attached hydrogens (tertiary/aromatic N) is 4. The summed E-state index contributed by atoms with van der Waals surface area (Å²) in [7, 11) is 0. The van der Waals surface area contributed by atoms with Gasteiger partial charge in [-0.1, -0.05) is 0 Å². The molecule has 3 aliphatic rings. The van der Waals surface area contributed by atoms with Gasteiger partial charge in [0.2, 0.25) is 5.91 Å². The lowest BCUT2D eigenvalue weighted by Gasteiger charge is -2.22. The fraction of sp³-hybridized carbons (Fsp3) is 0.476. The molecule has 1 saturated heterocycles. The predicted molar refractivity (Wildman–Crippen MR) is 100 cm³/mol. The van der Waals surface area contributed by atoms with Crippen molar-refractivity contribution in [2.24, 2.45) is 5.92 Å². The molecule has 7 heteroatoms. The topological polar surface area (TPSA) is 49.3 Å². The summed E-state index contributed by atoms with van der Waals surface area (Å²) in [5.41, 5.74) is 5.54. The van der Waals surface area contributed by atoms with E-state index in [0.717, 1.165) is 25.7 Å². The highest BCUT2D eigenvalue weighted by molar-refractivity contribution is 5.81. The van der Waals surface area contributed by atoms with E-state index in [0.29, 0.717) is 31.9 Å². The first-order valence-electron chi connectivity index (χ1n) is 9.86. The van der Waals surface area contributed by atoms with Crippen LogP contribution in [-0.4, -0.2) is 33.9 Å². The van der Waals surface area contributed by atoms with Crippen molar-refractivity contribution in [2.45, 2.75) is 45.2 Å².